The fraction of sp³-hybridized carbons (Fsp3) is 0.143. The Bertz CT molecular complexity index is 717. The molecule has 0 aliphatic heterocycles. The molecule has 6 heteroatoms. The Morgan fingerprint density at radius 3 is 2.25 bits per heavy atom. The average Bonchev–Trinajstić information content (AvgIpc) is 2.34. The third-order valence-electron chi connectivity index (χ3n) is 2.88. The number of anilines is 2. The molecule has 0 fully saturated rings. The minimum atomic E-state index is -3.61. The van der Waals surface area contributed by atoms with Gasteiger partial charge in [0.15, 0.2) is 0 Å². The topological polar surface area (TPSA) is 72.2 Å². The maximum atomic E-state index is 12.3. The first-order chi connectivity index (χ1) is 9.29. The summed E-state index contributed by atoms with van der Waals surface area (Å²) in [6, 6.07) is 10.1. The van der Waals surface area contributed by atoms with Gasteiger partial charge in [-0.25, -0.2) is 8.42 Å². The molecule has 4 nitrogen and oxygen atoms in total. The van der Waals surface area contributed by atoms with Gasteiger partial charge in [0.1, 0.15) is 0 Å². The van der Waals surface area contributed by atoms with Gasteiger partial charge >= 0.3 is 0 Å². The van der Waals surface area contributed by atoms with Crippen molar-refractivity contribution in [1.29, 1.82) is 0 Å². The predicted molar refractivity (Wildman–Crippen MR) is 85.3 cm³/mol. The lowest BCUT2D eigenvalue weighted by Crippen LogP contribution is -2.14. The van der Waals surface area contributed by atoms with Crippen LogP contribution in [-0.4, -0.2) is 8.42 Å². The first-order valence-electron chi connectivity index (χ1n) is 5.95. The van der Waals surface area contributed by atoms with Gasteiger partial charge in [0.25, 0.3) is 10.0 Å². The lowest BCUT2D eigenvalue weighted by Gasteiger charge is -2.13. The molecule has 0 atom stereocenters. The number of hydrogen-bond acceptors (Lipinski definition) is 3. The van der Waals surface area contributed by atoms with Crippen LogP contribution in [0.15, 0.2) is 45.8 Å². The van der Waals surface area contributed by atoms with Crippen molar-refractivity contribution >= 4 is 37.3 Å². The second-order valence-corrected chi connectivity index (χ2v) is 7.15. The van der Waals surface area contributed by atoms with E-state index in [1.165, 1.54) is 0 Å². The number of halogens is 1. The van der Waals surface area contributed by atoms with E-state index in [0.717, 1.165) is 11.1 Å². The summed E-state index contributed by atoms with van der Waals surface area (Å²) < 4.78 is 27.9. The number of hydrogen-bond donors (Lipinski definition) is 2. The van der Waals surface area contributed by atoms with Crippen LogP contribution in [0.25, 0.3) is 0 Å². The third-order valence-corrected chi connectivity index (χ3v) is 4.87. The fourth-order valence-electron chi connectivity index (χ4n) is 1.81. The molecule has 2 aromatic rings. The van der Waals surface area contributed by atoms with E-state index in [-0.39, 0.29) is 4.90 Å². The van der Waals surface area contributed by atoms with Gasteiger partial charge in [-0.2, -0.15) is 0 Å². The molecule has 0 aliphatic carbocycles. The zero-order chi connectivity index (χ0) is 14.9. The zero-order valence-corrected chi connectivity index (χ0v) is 13.5. The molecule has 106 valence electrons. The van der Waals surface area contributed by atoms with E-state index in [1.54, 1.807) is 43.3 Å². The van der Waals surface area contributed by atoms with Gasteiger partial charge in [0.2, 0.25) is 0 Å². The third kappa shape index (κ3) is 3.13. The monoisotopic (exact) mass is 354 g/mol. The predicted octanol–water partition coefficient (Wildman–Crippen LogP) is 3.45. The maximum absolute atomic E-state index is 12.3. The lowest BCUT2D eigenvalue weighted by molar-refractivity contribution is 0.601. The van der Waals surface area contributed by atoms with Gasteiger partial charge in [0.05, 0.1) is 10.6 Å². The highest BCUT2D eigenvalue weighted by atomic mass is 79.9. The molecule has 0 saturated heterocycles. The Morgan fingerprint density at radius 1 is 1.10 bits per heavy atom. The van der Waals surface area contributed by atoms with E-state index in [4.69, 9.17) is 5.73 Å². The molecular formula is C14H15BrN2O2S. The number of nitrogens with two attached hydrogens (primary N) is 1. The van der Waals surface area contributed by atoms with Gasteiger partial charge in [-0.15, -0.1) is 0 Å². The molecule has 0 radical (unpaired) electrons. The Hall–Kier alpha value is -1.53. The summed E-state index contributed by atoms with van der Waals surface area (Å²) in [6.07, 6.45) is 0. The molecule has 0 heterocycles. The number of sulfonamides is 1. The zero-order valence-electron chi connectivity index (χ0n) is 11.1. The number of rotatable bonds is 3. The number of nitrogens with one attached hydrogen (secondary N) is 1. The van der Waals surface area contributed by atoms with Crippen molar-refractivity contribution in [2.75, 3.05) is 10.5 Å². The van der Waals surface area contributed by atoms with Crippen LogP contribution in [0, 0.1) is 13.8 Å². The Kier molecular flexibility index (Phi) is 4.06. The summed E-state index contributed by atoms with van der Waals surface area (Å²) in [5.41, 5.74) is 8.55. The minimum Gasteiger partial charge on any atom is -0.399 e. The van der Waals surface area contributed by atoms with Crippen LogP contribution in [0.2, 0.25) is 0 Å². The van der Waals surface area contributed by atoms with Crippen LogP contribution in [0.1, 0.15) is 11.1 Å². The van der Waals surface area contributed by atoms with Crippen molar-refractivity contribution in [2.45, 2.75) is 18.7 Å². The number of aryl methyl sites for hydroxylation is 2. The summed E-state index contributed by atoms with van der Waals surface area (Å²) in [6.45, 7) is 3.71. The number of nitrogen functional groups attached to an aromatic ring is 1. The molecule has 0 bridgehead atoms. The van der Waals surface area contributed by atoms with Crippen molar-refractivity contribution in [3.8, 4) is 0 Å². The van der Waals surface area contributed by atoms with Gasteiger partial charge in [-0.05, 0) is 59.6 Å². The fourth-order valence-corrected chi connectivity index (χ4v) is 3.77. The summed E-state index contributed by atoms with van der Waals surface area (Å²) in [7, 11) is -3.61. The van der Waals surface area contributed by atoms with Gasteiger partial charge < -0.3 is 5.73 Å². The normalized spacial score (nSPS) is 11.3. The Labute approximate surface area is 127 Å². The SMILES string of the molecule is Cc1ccc(S(=O)(=O)Nc2c(C)cc(N)cc2Br)cc1. The van der Waals surface area contributed by atoms with E-state index >= 15 is 0 Å². The molecule has 2 aromatic carbocycles. The molecule has 0 aromatic heterocycles. The molecule has 0 saturated carbocycles. The highest BCUT2D eigenvalue weighted by Gasteiger charge is 2.17. The Balaban J connectivity index is 2.41. The van der Waals surface area contributed by atoms with E-state index in [1.807, 2.05) is 6.92 Å². The second-order valence-electron chi connectivity index (χ2n) is 4.61. The van der Waals surface area contributed by atoms with Gasteiger partial charge in [-0.3, -0.25) is 4.72 Å². The smallest absolute Gasteiger partial charge is 0.261 e. The maximum Gasteiger partial charge on any atom is 0.261 e. The number of benzene rings is 2. The molecule has 2 rings (SSSR count). The van der Waals surface area contributed by atoms with E-state index in [0.29, 0.717) is 15.8 Å². The van der Waals surface area contributed by atoms with Gasteiger partial charge in [-0.1, -0.05) is 17.7 Å². The molecule has 0 aliphatic rings. The van der Waals surface area contributed by atoms with Crippen LogP contribution >= 0.6 is 15.9 Å². The van der Waals surface area contributed by atoms with Crippen molar-refractivity contribution in [1.82, 2.24) is 0 Å². The standard InChI is InChI=1S/C14H15BrN2O2S/c1-9-3-5-12(6-4-9)20(18,19)17-14-10(2)7-11(16)8-13(14)15/h3-8,17H,16H2,1-2H3. The lowest BCUT2D eigenvalue weighted by atomic mass is 10.2. The van der Waals surface area contributed by atoms with Crippen molar-refractivity contribution in [2.24, 2.45) is 0 Å². The molecule has 0 unspecified atom stereocenters. The average molecular weight is 355 g/mol. The minimum absolute atomic E-state index is 0.228. The highest BCUT2D eigenvalue weighted by molar-refractivity contribution is 9.10. The van der Waals surface area contributed by atoms with Gasteiger partial charge in [0, 0.05) is 10.2 Å². The van der Waals surface area contributed by atoms with Crippen LogP contribution in [-0.2, 0) is 10.0 Å². The molecule has 20 heavy (non-hydrogen) atoms. The molecular weight excluding hydrogens is 340 g/mol. The second kappa shape index (κ2) is 5.46. The highest BCUT2D eigenvalue weighted by Crippen LogP contribution is 2.30. The van der Waals surface area contributed by atoms with E-state index in [2.05, 4.69) is 20.7 Å². The van der Waals surface area contributed by atoms with Crippen LogP contribution < -0.4 is 10.5 Å². The van der Waals surface area contributed by atoms with Crippen molar-refractivity contribution in [3.63, 3.8) is 0 Å². The largest absolute Gasteiger partial charge is 0.399 e. The summed E-state index contributed by atoms with van der Waals surface area (Å²) in [5.74, 6) is 0. The molecule has 0 amide bonds. The first-order valence-corrected chi connectivity index (χ1v) is 8.22. The Morgan fingerprint density at radius 2 is 1.70 bits per heavy atom. The summed E-state index contributed by atoms with van der Waals surface area (Å²) in [4.78, 5) is 0.228. The van der Waals surface area contributed by atoms with Crippen molar-refractivity contribution in [3.05, 3.63) is 52.0 Å². The van der Waals surface area contributed by atoms with E-state index < -0.39 is 10.0 Å². The van der Waals surface area contributed by atoms with Crippen molar-refractivity contribution < 1.29 is 8.42 Å². The van der Waals surface area contributed by atoms with Crippen LogP contribution in [0.3, 0.4) is 0 Å². The van der Waals surface area contributed by atoms with Crippen LogP contribution in [0.4, 0.5) is 11.4 Å². The van der Waals surface area contributed by atoms with E-state index in [9.17, 15) is 8.42 Å². The first kappa shape index (κ1) is 14.9. The quantitative estimate of drug-likeness (QED) is 0.829. The van der Waals surface area contributed by atoms with Crippen LogP contribution in [0.5, 0.6) is 0 Å². The summed E-state index contributed by atoms with van der Waals surface area (Å²) >= 11 is 3.33. The molecule has 0 spiro atoms. The molecule has 3 N–H and O–H groups in total. The summed E-state index contributed by atoms with van der Waals surface area (Å²) in [5, 5.41) is 0.